The van der Waals surface area contributed by atoms with Crippen LogP contribution in [0.15, 0.2) is 0 Å². The van der Waals surface area contributed by atoms with Gasteiger partial charge in [0.2, 0.25) is 0 Å². The van der Waals surface area contributed by atoms with Gasteiger partial charge in [-0.25, -0.2) is 0 Å². The molecule has 2 unspecified atom stereocenters. The molecule has 2 rings (SSSR count). The topological polar surface area (TPSA) is 38.0 Å². The molecule has 0 aromatic rings. The molecule has 3 N–H and O–H groups in total. The van der Waals surface area contributed by atoms with E-state index in [2.05, 4.69) is 19.2 Å². The lowest BCUT2D eigenvalue weighted by atomic mass is 9.73. The summed E-state index contributed by atoms with van der Waals surface area (Å²) in [5.41, 5.74) is 6.27. The Morgan fingerprint density at radius 3 is 2.53 bits per heavy atom. The maximum atomic E-state index is 6.01. The van der Waals surface area contributed by atoms with Gasteiger partial charge < -0.3 is 11.1 Å². The average molecular weight is 210 g/mol. The summed E-state index contributed by atoms with van der Waals surface area (Å²) in [6.45, 7) is 5.28. The zero-order valence-electron chi connectivity index (χ0n) is 10.3. The van der Waals surface area contributed by atoms with Crippen molar-refractivity contribution in [2.75, 3.05) is 6.54 Å². The van der Waals surface area contributed by atoms with E-state index in [9.17, 15) is 0 Å². The van der Waals surface area contributed by atoms with E-state index >= 15 is 0 Å². The third-order valence-electron chi connectivity index (χ3n) is 4.16. The van der Waals surface area contributed by atoms with Crippen LogP contribution >= 0.6 is 0 Å². The smallest absolute Gasteiger partial charge is 0.0308 e. The van der Waals surface area contributed by atoms with Crippen LogP contribution < -0.4 is 11.1 Å². The minimum absolute atomic E-state index is 0.264. The van der Waals surface area contributed by atoms with Crippen LogP contribution in [-0.4, -0.2) is 18.1 Å². The molecule has 0 saturated heterocycles. The lowest BCUT2D eigenvalue weighted by Crippen LogP contribution is -2.56. The van der Waals surface area contributed by atoms with Crippen LogP contribution in [0.2, 0.25) is 0 Å². The Kier molecular flexibility index (Phi) is 3.36. The minimum atomic E-state index is 0.264. The van der Waals surface area contributed by atoms with Crippen molar-refractivity contribution in [1.29, 1.82) is 0 Å². The number of nitrogens with one attached hydrogen (secondary N) is 1. The Hall–Kier alpha value is -0.0800. The summed E-state index contributed by atoms with van der Waals surface area (Å²) < 4.78 is 0. The summed E-state index contributed by atoms with van der Waals surface area (Å²) in [7, 11) is 0. The summed E-state index contributed by atoms with van der Waals surface area (Å²) in [5.74, 6) is 2.01. The second-order valence-electron chi connectivity index (χ2n) is 5.98. The summed E-state index contributed by atoms with van der Waals surface area (Å²) >= 11 is 0. The molecule has 15 heavy (non-hydrogen) atoms. The first-order valence-electron chi connectivity index (χ1n) is 6.63. The van der Waals surface area contributed by atoms with E-state index < -0.39 is 0 Å². The number of hydrogen-bond acceptors (Lipinski definition) is 2. The molecule has 88 valence electrons. The lowest BCUT2D eigenvalue weighted by Gasteiger charge is -2.42. The van der Waals surface area contributed by atoms with Crippen LogP contribution in [0.25, 0.3) is 0 Å². The molecule has 0 aliphatic heterocycles. The maximum absolute atomic E-state index is 6.01. The highest BCUT2D eigenvalue weighted by atomic mass is 15.0. The second kappa shape index (κ2) is 4.42. The molecule has 0 aromatic carbocycles. The van der Waals surface area contributed by atoms with Crippen molar-refractivity contribution in [1.82, 2.24) is 5.32 Å². The van der Waals surface area contributed by atoms with Crippen molar-refractivity contribution in [3.05, 3.63) is 0 Å². The van der Waals surface area contributed by atoms with Crippen LogP contribution in [0, 0.1) is 11.8 Å². The van der Waals surface area contributed by atoms with Crippen molar-refractivity contribution >= 4 is 0 Å². The highest BCUT2D eigenvalue weighted by Crippen LogP contribution is 2.46. The van der Waals surface area contributed by atoms with E-state index in [0.717, 1.165) is 18.4 Å². The van der Waals surface area contributed by atoms with Crippen molar-refractivity contribution in [3.63, 3.8) is 0 Å². The van der Waals surface area contributed by atoms with Crippen LogP contribution in [0.3, 0.4) is 0 Å². The monoisotopic (exact) mass is 210 g/mol. The van der Waals surface area contributed by atoms with E-state index in [1.165, 1.54) is 38.5 Å². The Bertz CT molecular complexity index is 211. The van der Waals surface area contributed by atoms with Gasteiger partial charge in [-0.15, -0.1) is 0 Å². The van der Waals surface area contributed by atoms with E-state index in [-0.39, 0.29) is 5.54 Å². The van der Waals surface area contributed by atoms with E-state index in [1.54, 1.807) is 0 Å². The molecule has 2 atom stereocenters. The molecule has 0 bridgehead atoms. The third-order valence-corrected chi connectivity index (χ3v) is 4.16. The molecule has 2 nitrogen and oxygen atoms in total. The summed E-state index contributed by atoms with van der Waals surface area (Å²) in [6.07, 6.45) is 8.39. The lowest BCUT2D eigenvalue weighted by molar-refractivity contribution is 0.160. The molecular weight excluding hydrogens is 184 g/mol. The van der Waals surface area contributed by atoms with Crippen molar-refractivity contribution in [2.24, 2.45) is 17.6 Å². The summed E-state index contributed by atoms with van der Waals surface area (Å²) in [6, 6.07) is 0.562. The summed E-state index contributed by atoms with van der Waals surface area (Å²) in [5, 5.41) is 3.73. The second-order valence-corrected chi connectivity index (χ2v) is 5.98. The van der Waals surface area contributed by atoms with Gasteiger partial charge in [-0.3, -0.25) is 0 Å². The molecule has 0 heterocycles. The molecule has 0 amide bonds. The van der Waals surface area contributed by atoms with E-state index in [1.807, 2.05) is 0 Å². The zero-order chi connectivity index (χ0) is 10.9. The Labute approximate surface area is 94.0 Å². The predicted molar refractivity (Wildman–Crippen MR) is 64.7 cm³/mol. The predicted octanol–water partition coefficient (Wildman–Crippen LogP) is 2.28. The van der Waals surface area contributed by atoms with E-state index in [0.29, 0.717) is 6.04 Å². The number of nitrogens with two attached hydrogens (primary N) is 1. The first-order valence-corrected chi connectivity index (χ1v) is 6.63. The first kappa shape index (κ1) is 11.4. The largest absolute Gasteiger partial charge is 0.329 e. The Balaban J connectivity index is 1.96. The molecule has 2 aliphatic carbocycles. The van der Waals surface area contributed by atoms with Gasteiger partial charge in [0, 0.05) is 18.1 Å². The fourth-order valence-corrected chi connectivity index (χ4v) is 3.37. The fourth-order valence-electron chi connectivity index (χ4n) is 3.37. The van der Waals surface area contributed by atoms with Gasteiger partial charge in [0.15, 0.2) is 0 Å². The van der Waals surface area contributed by atoms with Crippen LogP contribution in [-0.2, 0) is 0 Å². The molecular formula is C13H26N2. The zero-order valence-corrected chi connectivity index (χ0v) is 10.3. The number of hydrogen-bond donors (Lipinski definition) is 2. The van der Waals surface area contributed by atoms with Crippen molar-refractivity contribution < 1.29 is 0 Å². The van der Waals surface area contributed by atoms with Gasteiger partial charge in [-0.1, -0.05) is 26.7 Å². The van der Waals surface area contributed by atoms with Gasteiger partial charge in [0.25, 0.3) is 0 Å². The van der Waals surface area contributed by atoms with Gasteiger partial charge in [-0.05, 0) is 37.5 Å². The highest BCUT2D eigenvalue weighted by Gasteiger charge is 2.41. The maximum Gasteiger partial charge on any atom is 0.0308 e. The van der Waals surface area contributed by atoms with E-state index in [4.69, 9.17) is 5.73 Å². The Morgan fingerprint density at radius 1 is 1.27 bits per heavy atom. The molecule has 2 heteroatoms. The minimum Gasteiger partial charge on any atom is -0.329 e. The average Bonchev–Trinajstić information content (AvgIpc) is 3.00. The first-order chi connectivity index (χ1) is 7.15. The van der Waals surface area contributed by atoms with Crippen LogP contribution in [0.4, 0.5) is 0 Å². The van der Waals surface area contributed by atoms with Crippen molar-refractivity contribution in [3.8, 4) is 0 Å². The fraction of sp³-hybridized carbons (Fsp3) is 1.00. The normalized spacial score (nSPS) is 37.2. The summed E-state index contributed by atoms with van der Waals surface area (Å²) in [4.78, 5) is 0. The number of rotatable bonds is 4. The molecule has 0 radical (unpaired) electrons. The SMILES string of the molecule is CC(C)NC1(CN)CCCC(C2CC2)C1. The highest BCUT2D eigenvalue weighted by molar-refractivity contribution is 4.98. The van der Waals surface area contributed by atoms with Crippen LogP contribution in [0.1, 0.15) is 52.4 Å². The van der Waals surface area contributed by atoms with Gasteiger partial charge in [0.05, 0.1) is 0 Å². The molecule has 0 spiro atoms. The van der Waals surface area contributed by atoms with Gasteiger partial charge in [-0.2, -0.15) is 0 Å². The Morgan fingerprint density at radius 2 is 2.00 bits per heavy atom. The van der Waals surface area contributed by atoms with Gasteiger partial charge in [0.1, 0.15) is 0 Å². The molecule has 2 saturated carbocycles. The quantitative estimate of drug-likeness (QED) is 0.747. The van der Waals surface area contributed by atoms with Crippen molar-refractivity contribution in [2.45, 2.75) is 64.0 Å². The standard InChI is InChI=1S/C13H26N2/c1-10(2)15-13(9-14)7-3-4-12(8-13)11-5-6-11/h10-12,15H,3-9,14H2,1-2H3. The van der Waals surface area contributed by atoms with Crippen LogP contribution in [0.5, 0.6) is 0 Å². The molecule has 2 fully saturated rings. The van der Waals surface area contributed by atoms with Gasteiger partial charge >= 0.3 is 0 Å². The third kappa shape index (κ3) is 2.73. The molecule has 2 aliphatic rings. The molecule has 0 aromatic heterocycles.